The summed E-state index contributed by atoms with van der Waals surface area (Å²) in [7, 11) is 0. The summed E-state index contributed by atoms with van der Waals surface area (Å²) < 4.78 is 16.5. The molecular formula is C7H3ClFN3S. The molecule has 0 spiro atoms. The van der Waals surface area contributed by atoms with E-state index >= 15 is 0 Å². The number of pyridine rings is 1. The van der Waals surface area contributed by atoms with E-state index in [0.29, 0.717) is 10.6 Å². The van der Waals surface area contributed by atoms with Gasteiger partial charge in [0.25, 0.3) is 0 Å². The molecule has 0 radical (unpaired) electrons. The van der Waals surface area contributed by atoms with Gasteiger partial charge in [0.05, 0.1) is 6.20 Å². The number of hydrogen-bond donors (Lipinski definition) is 0. The molecule has 2 aromatic heterocycles. The van der Waals surface area contributed by atoms with Crippen LogP contribution in [0.25, 0.3) is 10.6 Å². The Bertz CT molecular complexity index is 431. The predicted octanol–water partition coefficient (Wildman–Crippen LogP) is 2.39. The third-order valence-electron chi connectivity index (χ3n) is 1.35. The van der Waals surface area contributed by atoms with Gasteiger partial charge in [-0.3, -0.25) is 4.98 Å². The maximum atomic E-state index is 12.7. The fourth-order valence-corrected chi connectivity index (χ4v) is 1.64. The molecule has 2 rings (SSSR count). The zero-order valence-corrected chi connectivity index (χ0v) is 7.81. The fraction of sp³-hybridized carbons (Fsp3) is 0. The van der Waals surface area contributed by atoms with Crippen molar-refractivity contribution in [2.24, 2.45) is 0 Å². The van der Waals surface area contributed by atoms with Gasteiger partial charge in [0.15, 0.2) is 0 Å². The maximum Gasteiger partial charge on any atom is 0.234 e. The van der Waals surface area contributed by atoms with E-state index in [9.17, 15) is 4.39 Å². The topological polar surface area (TPSA) is 38.7 Å². The fourth-order valence-electron chi connectivity index (χ4n) is 0.852. The molecule has 0 aliphatic rings. The molecule has 0 aliphatic carbocycles. The van der Waals surface area contributed by atoms with Crippen molar-refractivity contribution in [3.05, 3.63) is 29.6 Å². The number of nitrogens with zero attached hydrogens (tertiary/aromatic N) is 3. The van der Waals surface area contributed by atoms with Crippen LogP contribution in [0.15, 0.2) is 18.5 Å². The van der Waals surface area contributed by atoms with E-state index in [1.54, 1.807) is 0 Å². The second-order valence-corrected chi connectivity index (χ2v) is 3.35. The normalized spacial score (nSPS) is 10.3. The van der Waals surface area contributed by atoms with E-state index < -0.39 is 5.82 Å². The monoisotopic (exact) mass is 215 g/mol. The Morgan fingerprint density at radius 2 is 2.23 bits per heavy atom. The number of halogens is 2. The number of aromatic nitrogens is 3. The first kappa shape index (κ1) is 8.52. The summed E-state index contributed by atoms with van der Waals surface area (Å²) in [6, 6.07) is 1.34. The molecule has 0 amide bonds. The van der Waals surface area contributed by atoms with Crippen LogP contribution in [0.4, 0.5) is 4.39 Å². The highest BCUT2D eigenvalue weighted by Gasteiger charge is 2.05. The summed E-state index contributed by atoms with van der Waals surface area (Å²) in [6.45, 7) is 0. The Hall–Kier alpha value is -1.07. The quantitative estimate of drug-likeness (QED) is 0.733. The maximum absolute atomic E-state index is 12.7. The van der Waals surface area contributed by atoms with Crippen LogP contribution in [0.2, 0.25) is 5.28 Å². The molecule has 2 heterocycles. The van der Waals surface area contributed by atoms with Crippen LogP contribution in [0.5, 0.6) is 0 Å². The zero-order chi connectivity index (χ0) is 9.26. The van der Waals surface area contributed by atoms with Crippen LogP contribution >= 0.6 is 23.1 Å². The van der Waals surface area contributed by atoms with Gasteiger partial charge in [-0.1, -0.05) is 0 Å². The highest BCUT2D eigenvalue weighted by atomic mass is 35.5. The Morgan fingerprint density at radius 1 is 1.38 bits per heavy atom. The van der Waals surface area contributed by atoms with Gasteiger partial charge in [-0.2, -0.15) is 4.37 Å². The van der Waals surface area contributed by atoms with Crippen molar-refractivity contribution in [2.45, 2.75) is 0 Å². The Morgan fingerprint density at radius 3 is 2.85 bits per heavy atom. The van der Waals surface area contributed by atoms with Gasteiger partial charge in [0.2, 0.25) is 5.28 Å². The molecule has 2 aromatic rings. The van der Waals surface area contributed by atoms with Crippen molar-refractivity contribution in [3.8, 4) is 10.6 Å². The first-order chi connectivity index (χ1) is 6.25. The zero-order valence-electron chi connectivity index (χ0n) is 6.24. The number of hydrogen-bond acceptors (Lipinski definition) is 4. The molecule has 0 atom stereocenters. The van der Waals surface area contributed by atoms with Crippen LogP contribution in [0, 0.1) is 5.82 Å². The van der Waals surface area contributed by atoms with E-state index in [0.717, 1.165) is 17.7 Å². The first-order valence-electron chi connectivity index (χ1n) is 3.36. The average molecular weight is 216 g/mol. The van der Waals surface area contributed by atoms with Crippen molar-refractivity contribution >= 4 is 23.1 Å². The Balaban J connectivity index is 2.46. The lowest BCUT2D eigenvalue weighted by molar-refractivity contribution is 0.622. The standard InChI is InChI=1S/C7H3ClFN3S/c8-7-11-6(13-12-7)4-1-5(9)3-10-2-4/h1-3H. The molecule has 0 fully saturated rings. The van der Waals surface area contributed by atoms with E-state index in [1.807, 2.05) is 0 Å². The lowest BCUT2D eigenvalue weighted by Crippen LogP contribution is -1.81. The number of rotatable bonds is 1. The highest BCUT2D eigenvalue weighted by Crippen LogP contribution is 2.22. The SMILES string of the molecule is Fc1cncc(-c2nc(Cl)ns2)c1. The second kappa shape index (κ2) is 3.35. The molecule has 0 saturated heterocycles. The van der Waals surface area contributed by atoms with Crippen molar-refractivity contribution in [2.75, 3.05) is 0 Å². The van der Waals surface area contributed by atoms with Crippen molar-refractivity contribution < 1.29 is 4.39 Å². The molecule has 0 aromatic carbocycles. The van der Waals surface area contributed by atoms with Crippen molar-refractivity contribution in [1.82, 2.24) is 14.3 Å². The van der Waals surface area contributed by atoms with Gasteiger partial charge in [-0.15, -0.1) is 0 Å². The molecular weight excluding hydrogens is 213 g/mol. The minimum atomic E-state index is -0.399. The van der Waals surface area contributed by atoms with Gasteiger partial charge in [0, 0.05) is 11.8 Å². The van der Waals surface area contributed by atoms with Crippen LogP contribution in [-0.2, 0) is 0 Å². The molecule has 13 heavy (non-hydrogen) atoms. The lowest BCUT2D eigenvalue weighted by atomic mass is 10.3. The first-order valence-corrected chi connectivity index (χ1v) is 4.51. The molecule has 0 aliphatic heterocycles. The van der Waals surface area contributed by atoms with Crippen LogP contribution in [-0.4, -0.2) is 14.3 Å². The molecule has 6 heteroatoms. The molecule has 0 bridgehead atoms. The summed E-state index contributed by atoms with van der Waals surface area (Å²) in [4.78, 5) is 7.58. The van der Waals surface area contributed by atoms with E-state index in [1.165, 1.54) is 12.3 Å². The minimum absolute atomic E-state index is 0.171. The molecule has 0 saturated carbocycles. The van der Waals surface area contributed by atoms with E-state index in [2.05, 4.69) is 14.3 Å². The Labute approximate surface area is 82.4 Å². The van der Waals surface area contributed by atoms with Gasteiger partial charge in [-0.25, -0.2) is 9.37 Å². The van der Waals surface area contributed by atoms with Crippen LogP contribution in [0.1, 0.15) is 0 Å². The van der Waals surface area contributed by atoms with Crippen molar-refractivity contribution in [1.29, 1.82) is 0 Å². The molecule has 66 valence electrons. The lowest BCUT2D eigenvalue weighted by Gasteiger charge is -1.92. The van der Waals surface area contributed by atoms with Gasteiger partial charge >= 0.3 is 0 Å². The minimum Gasteiger partial charge on any atom is -0.261 e. The summed E-state index contributed by atoms with van der Waals surface area (Å²) in [5.41, 5.74) is 0.587. The van der Waals surface area contributed by atoms with Crippen LogP contribution < -0.4 is 0 Å². The van der Waals surface area contributed by atoms with Gasteiger partial charge < -0.3 is 0 Å². The summed E-state index contributed by atoms with van der Waals surface area (Å²) in [5.74, 6) is -0.399. The predicted molar refractivity (Wildman–Crippen MR) is 48.1 cm³/mol. The van der Waals surface area contributed by atoms with Gasteiger partial charge in [-0.05, 0) is 29.2 Å². The second-order valence-electron chi connectivity index (χ2n) is 2.26. The molecule has 0 N–H and O–H groups in total. The Kier molecular flexibility index (Phi) is 2.20. The van der Waals surface area contributed by atoms with Gasteiger partial charge in [0.1, 0.15) is 10.8 Å². The summed E-state index contributed by atoms with van der Waals surface area (Å²) >= 11 is 6.64. The van der Waals surface area contributed by atoms with Crippen molar-refractivity contribution in [3.63, 3.8) is 0 Å². The van der Waals surface area contributed by atoms with Crippen LogP contribution in [0.3, 0.4) is 0 Å². The molecule has 3 nitrogen and oxygen atoms in total. The smallest absolute Gasteiger partial charge is 0.234 e. The third kappa shape index (κ3) is 1.81. The average Bonchev–Trinajstić information content (AvgIpc) is 2.52. The van der Waals surface area contributed by atoms with E-state index in [-0.39, 0.29) is 5.28 Å². The third-order valence-corrected chi connectivity index (χ3v) is 2.39. The largest absolute Gasteiger partial charge is 0.261 e. The molecule has 0 unspecified atom stereocenters. The summed E-state index contributed by atoms with van der Waals surface area (Å²) in [6.07, 6.45) is 2.64. The van der Waals surface area contributed by atoms with E-state index in [4.69, 9.17) is 11.6 Å². The highest BCUT2D eigenvalue weighted by molar-refractivity contribution is 7.09. The summed E-state index contributed by atoms with van der Waals surface area (Å²) in [5, 5.41) is 0.737.